The van der Waals surface area contributed by atoms with Gasteiger partial charge in [0.15, 0.2) is 5.13 Å². The number of aliphatic hydroxyl groups excluding tert-OH is 1. The average molecular weight is 355 g/mol. The van der Waals surface area contributed by atoms with Gasteiger partial charge in [0, 0.05) is 29.8 Å². The number of anilines is 1. The Bertz CT molecular complexity index is 503. The van der Waals surface area contributed by atoms with Crippen molar-refractivity contribution < 1.29 is 9.90 Å². The van der Waals surface area contributed by atoms with Gasteiger partial charge < -0.3 is 21.5 Å². The number of hydrogen-bond acceptors (Lipinski definition) is 6. The van der Waals surface area contributed by atoms with E-state index in [0.717, 1.165) is 17.0 Å². The average Bonchev–Trinajstić information content (AvgIpc) is 2.90. The lowest BCUT2D eigenvalue weighted by atomic mass is 10.0. The van der Waals surface area contributed by atoms with E-state index in [1.165, 1.54) is 11.3 Å². The zero-order valence-corrected chi connectivity index (χ0v) is 13.8. The molecule has 120 valence electrons. The molecule has 3 atom stereocenters. The summed E-state index contributed by atoms with van der Waals surface area (Å²) in [4.78, 5) is 19.6. The number of nitrogens with two attached hydrogens (primary N) is 2. The van der Waals surface area contributed by atoms with E-state index >= 15 is 0 Å². The number of nitrogen functional groups attached to an aromatic ring is 1. The lowest BCUT2D eigenvalue weighted by Crippen LogP contribution is -2.39. The van der Waals surface area contributed by atoms with Gasteiger partial charge in [0.1, 0.15) is 0 Å². The van der Waals surface area contributed by atoms with Gasteiger partial charge in [-0.25, -0.2) is 4.98 Å². The second-order valence-corrected chi connectivity index (χ2v) is 6.45. The molecule has 1 aromatic rings. The Kier molecular flexibility index (Phi) is 6.24. The van der Waals surface area contributed by atoms with Crippen LogP contribution in [0.3, 0.4) is 0 Å². The quantitative estimate of drug-likeness (QED) is 0.682. The molecule has 1 amide bonds. The van der Waals surface area contributed by atoms with Crippen LogP contribution in [0.15, 0.2) is 0 Å². The number of aliphatic hydroxyl groups is 1. The van der Waals surface area contributed by atoms with Crippen molar-refractivity contribution in [2.45, 2.75) is 38.0 Å². The molecule has 0 aromatic carbocycles. The second-order valence-electron chi connectivity index (χ2n) is 5.33. The largest absolute Gasteiger partial charge is 0.391 e. The Morgan fingerprint density at radius 1 is 1.38 bits per heavy atom. The number of fused-ring (bicyclic) bond motifs is 1. The highest BCUT2D eigenvalue weighted by Gasteiger charge is 2.37. The molecule has 1 aromatic heterocycles. The van der Waals surface area contributed by atoms with E-state index in [2.05, 4.69) is 4.98 Å². The van der Waals surface area contributed by atoms with Gasteiger partial charge in [0.05, 0.1) is 18.3 Å². The van der Waals surface area contributed by atoms with Crippen LogP contribution in [0.1, 0.15) is 23.4 Å². The topological polar surface area (TPSA) is 105 Å². The number of hydrogen-bond donors (Lipinski definition) is 3. The molecule has 1 saturated carbocycles. The normalized spacial score (nSPS) is 27.5. The number of amides is 1. The molecule has 21 heavy (non-hydrogen) atoms. The van der Waals surface area contributed by atoms with Crippen LogP contribution in [0.2, 0.25) is 0 Å². The minimum Gasteiger partial charge on any atom is -0.391 e. The maximum atomic E-state index is 12.4. The predicted octanol–water partition coefficient (Wildman–Crippen LogP) is 0.552. The summed E-state index contributed by atoms with van der Waals surface area (Å²) in [5.41, 5.74) is 12.5. The summed E-state index contributed by atoms with van der Waals surface area (Å²) >= 11 is 1.45. The zero-order chi connectivity index (χ0) is 13.6. The molecule has 1 aliphatic carbocycles. The maximum absolute atomic E-state index is 12.4. The van der Waals surface area contributed by atoms with Crippen LogP contribution in [0.25, 0.3) is 0 Å². The molecule has 0 bridgehead atoms. The van der Waals surface area contributed by atoms with E-state index in [1.54, 1.807) is 0 Å². The van der Waals surface area contributed by atoms with Crippen LogP contribution in [0.4, 0.5) is 5.13 Å². The van der Waals surface area contributed by atoms with Crippen molar-refractivity contribution in [1.29, 1.82) is 0 Å². The number of rotatable bonds is 1. The molecular formula is C12H20Cl2N4O2S. The van der Waals surface area contributed by atoms with E-state index in [9.17, 15) is 9.90 Å². The van der Waals surface area contributed by atoms with Crippen molar-refractivity contribution in [3.8, 4) is 0 Å². The summed E-state index contributed by atoms with van der Waals surface area (Å²) in [5.74, 6) is -0.0403. The highest BCUT2D eigenvalue weighted by atomic mass is 35.5. The van der Waals surface area contributed by atoms with Crippen LogP contribution in [-0.2, 0) is 17.8 Å². The first-order valence-electron chi connectivity index (χ1n) is 6.51. The molecule has 2 aliphatic rings. The third-order valence-corrected chi connectivity index (χ3v) is 4.90. The Hall–Kier alpha value is -0.600. The van der Waals surface area contributed by atoms with Gasteiger partial charge in [-0.2, -0.15) is 0 Å². The number of carbonyl (C=O) groups excluding carboxylic acids is 1. The fraction of sp³-hybridized carbons (Fsp3) is 0.667. The van der Waals surface area contributed by atoms with Crippen LogP contribution in [0.5, 0.6) is 0 Å². The Morgan fingerprint density at radius 2 is 2.10 bits per heavy atom. The monoisotopic (exact) mass is 354 g/mol. The second kappa shape index (κ2) is 7.11. The zero-order valence-electron chi connectivity index (χ0n) is 11.4. The molecular weight excluding hydrogens is 335 g/mol. The minimum absolute atomic E-state index is 0. The van der Waals surface area contributed by atoms with E-state index in [-0.39, 0.29) is 42.7 Å². The lowest BCUT2D eigenvalue weighted by Gasteiger charge is -2.28. The van der Waals surface area contributed by atoms with Crippen molar-refractivity contribution in [1.82, 2.24) is 9.88 Å². The van der Waals surface area contributed by atoms with Gasteiger partial charge in [0.2, 0.25) is 5.91 Å². The molecule has 5 N–H and O–H groups in total. The summed E-state index contributed by atoms with van der Waals surface area (Å²) < 4.78 is 0. The molecule has 0 radical (unpaired) electrons. The molecule has 0 saturated heterocycles. The van der Waals surface area contributed by atoms with Crippen LogP contribution < -0.4 is 11.5 Å². The van der Waals surface area contributed by atoms with Gasteiger partial charge in [-0.3, -0.25) is 4.79 Å². The van der Waals surface area contributed by atoms with Crippen molar-refractivity contribution >= 4 is 47.2 Å². The van der Waals surface area contributed by atoms with E-state index in [0.29, 0.717) is 31.1 Å². The number of carbonyl (C=O) groups is 1. The van der Waals surface area contributed by atoms with E-state index in [4.69, 9.17) is 11.5 Å². The van der Waals surface area contributed by atoms with Gasteiger partial charge in [-0.05, 0) is 12.8 Å². The van der Waals surface area contributed by atoms with Crippen molar-refractivity contribution in [2.75, 3.05) is 12.3 Å². The standard InChI is InChI=1S/C12H18N4O2S.2ClH/c13-7-3-6(4-9(7)17)11(18)16-2-1-8-10(5-16)19-12(14)15-8;;/h6-7,9,17H,1-5,13H2,(H2,14,15);2*1H/t6-,7+,9+;;/m0../s1. The van der Waals surface area contributed by atoms with Crippen molar-refractivity contribution in [3.63, 3.8) is 0 Å². The van der Waals surface area contributed by atoms with E-state index < -0.39 is 6.10 Å². The first-order chi connectivity index (χ1) is 9.04. The SMILES string of the molecule is Cl.Cl.Nc1nc2c(s1)CN(C(=O)[C@H]1C[C@@H](N)[C@H](O)C1)CC2. The smallest absolute Gasteiger partial charge is 0.226 e. The molecule has 0 unspecified atom stereocenters. The fourth-order valence-electron chi connectivity index (χ4n) is 2.91. The molecule has 2 heterocycles. The molecule has 9 heteroatoms. The van der Waals surface area contributed by atoms with E-state index in [1.807, 2.05) is 4.90 Å². The Labute approximate surface area is 139 Å². The van der Waals surface area contributed by atoms with Crippen molar-refractivity contribution in [3.05, 3.63) is 10.6 Å². The van der Waals surface area contributed by atoms with Gasteiger partial charge in [-0.15, -0.1) is 36.2 Å². The van der Waals surface area contributed by atoms with Crippen LogP contribution in [0, 0.1) is 5.92 Å². The summed E-state index contributed by atoms with van der Waals surface area (Å²) in [6, 6.07) is -0.270. The summed E-state index contributed by atoms with van der Waals surface area (Å²) in [5, 5.41) is 10.2. The lowest BCUT2D eigenvalue weighted by molar-refractivity contribution is -0.136. The summed E-state index contributed by atoms with van der Waals surface area (Å²) in [6.45, 7) is 1.27. The molecule has 1 aliphatic heterocycles. The Morgan fingerprint density at radius 3 is 2.71 bits per heavy atom. The van der Waals surface area contributed by atoms with Gasteiger partial charge >= 0.3 is 0 Å². The fourth-order valence-corrected chi connectivity index (χ4v) is 3.81. The molecule has 1 fully saturated rings. The maximum Gasteiger partial charge on any atom is 0.226 e. The number of thiazole rings is 1. The number of aromatic nitrogens is 1. The predicted molar refractivity (Wildman–Crippen MR) is 86.8 cm³/mol. The Balaban J connectivity index is 0.00000110. The number of halogens is 2. The summed E-state index contributed by atoms with van der Waals surface area (Å²) in [7, 11) is 0. The van der Waals surface area contributed by atoms with Crippen LogP contribution >= 0.6 is 36.2 Å². The minimum atomic E-state index is -0.548. The highest BCUT2D eigenvalue weighted by molar-refractivity contribution is 7.15. The number of nitrogens with zero attached hydrogens (tertiary/aromatic N) is 2. The van der Waals surface area contributed by atoms with Gasteiger partial charge in [0.25, 0.3) is 0 Å². The molecule has 6 nitrogen and oxygen atoms in total. The van der Waals surface area contributed by atoms with Crippen LogP contribution in [-0.4, -0.2) is 39.6 Å². The molecule has 3 rings (SSSR count). The highest BCUT2D eigenvalue weighted by Crippen LogP contribution is 2.31. The first kappa shape index (κ1) is 18.4. The summed E-state index contributed by atoms with van der Waals surface area (Å²) in [6.07, 6.45) is 1.27. The van der Waals surface area contributed by atoms with Crippen molar-refractivity contribution in [2.24, 2.45) is 11.7 Å². The third kappa shape index (κ3) is 3.60. The first-order valence-corrected chi connectivity index (χ1v) is 7.32. The third-order valence-electron chi connectivity index (χ3n) is 3.99. The molecule has 0 spiro atoms. The van der Waals surface area contributed by atoms with Gasteiger partial charge in [-0.1, -0.05) is 0 Å².